The van der Waals surface area contributed by atoms with Gasteiger partial charge in [0.25, 0.3) is 0 Å². The minimum absolute atomic E-state index is 0.643. The van der Waals surface area contributed by atoms with Crippen LogP contribution in [-0.2, 0) is 0 Å². The molecule has 2 nitrogen and oxygen atoms in total. The van der Waals surface area contributed by atoms with Crippen molar-refractivity contribution in [2.75, 3.05) is 0 Å². The normalized spacial score (nSPS) is 10.6. The quantitative estimate of drug-likeness (QED) is 0.195. The topological polar surface area (TPSA) is 47.6 Å². The summed E-state index contributed by atoms with van der Waals surface area (Å²) in [5, 5.41) is 19.5. The van der Waals surface area contributed by atoms with Crippen LogP contribution in [0, 0.1) is 22.7 Å². The van der Waals surface area contributed by atoms with E-state index < -0.39 is 0 Å². The molecule has 0 N–H and O–H groups in total. The van der Waals surface area contributed by atoms with Crippen LogP contribution in [0.3, 0.4) is 0 Å². The molecule has 0 aromatic heterocycles. The predicted octanol–water partition coefficient (Wildman–Crippen LogP) is 11.4. The van der Waals surface area contributed by atoms with E-state index in [0.29, 0.717) is 11.1 Å². The lowest BCUT2D eigenvalue weighted by molar-refractivity contribution is 1.47. The molecule has 7 aromatic rings. The van der Waals surface area contributed by atoms with Crippen molar-refractivity contribution in [2.24, 2.45) is 0 Å². The van der Waals surface area contributed by atoms with Gasteiger partial charge in [-0.2, -0.15) is 10.5 Å². The first-order chi connectivity index (χ1) is 22.7. The van der Waals surface area contributed by atoms with E-state index >= 15 is 0 Å². The van der Waals surface area contributed by atoms with Crippen LogP contribution in [0.25, 0.3) is 66.8 Å². The van der Waals surface area contributed by atoms with Gasteiger partial charge in [-0.15, -0.1) is 0 Å². The summed E-state index contributed by atoms with van der Waals surface area (Å²) in [5.74, 6) is 0. The Labute approximate surface area is 269 Å². The van der Waals surface area contributed by atoms with E-state index in [4.69, 9.17) is 0 Å². The highest BCUT2D eigenvalue weighted by Gasteiger charge is 2.10. The summed E-state index contributed by atoms with van der Waals surface area (Å²) in [6.45, 7) is 0. The van der Waals surface area contributed by atoms with Crippen molar-refractivity contribution in [3.05, 3.63) is 181 Å². The third-order valence-electron chi connectivity index (χ3n) is 8.28. The maximum absolute atomic E-state index is 9.73. The largest absolute Gasteiger partial charge is 0.192 e. The fraction of sp³-hybridized carbons (Fsp3) is 0. The molecule has 46 heavy (non-hydrogen) atoms. The molecule has 0 unspecified atom stereocenters. The maximum atomic E-state index is 9.73. The minimum Gasteiger partial charge on any atom is -0.192 e. The first-order valence-corrected chi connectivity index (χ1v) is 15.2. The Kier molecular flexibility index (Phi) is 7.77. The van der Waals surface area contributed by atoms with Crippen molar-refractivity contribution in [1.82, 2.24) is 0 Å². The van der Waals surface area contributed by atoms with Gasteiger partial charge in [-0.1, -0.05) is 121 Å². The van der Waals surface area contributed by atoms with Crippen LogP contribution < -0.4 is 0 Å². The molecule has 0 atom stereocenters. The summed E-state index contributed by atoms with van der Waals surface area (Å²) in [6, 6.07) is 62.7. The molecule has 0 fully saturated rings. The van der Waals surface area contributed by atoms with Gasteiger partial charge in [-0.3, -0.25) is 0 Å². The second kappa shape index (κ2) is 12.6. The fourth-order valence-electron chi connectivity index (χ4n) is 5.92. The van der Waals surface area contributed by atoms with Gasteiger partial charge in [-0.05, 0) is 115 Å². The highest BCUT2D eigenvalue weighted by molar-refractivity contribution is 5.81. The van der Waals surface area contributed by atoms with E-state index in [1.807, 2.05) is 60.7 Å². The SMILES string of the molecule is N#Cc1cc(-c2ccccc2)cc(-c2cccc(-c3ccc(-c4cccc(-c5cc(C#N)cc(-c6ccccc6)c5)c4)cc3)c2)c1. The molecule has 0 radical (unpaired) electrons. The Balaban J connectivity index is 1.18. The summed E-state index contributed by atoms with van der Waals surface area (Å²) in [5.41, 5.74) is 14.2. The first-order valence-electron chi connectivity index (χ1n) is 15.2. The van der Waals surface area contributed by atoms with Crippen molar-refractivity contribution in [3.63, 3.8) is 0 Å². The Morgan fingerprint density at radius 1 is 0.239 bits per heavy atom. The third kappa shape index (κ3) is 5.97. The van der Waals surface area contributed by atoms with Gasteiger partial charge in [0, 0.05) is 0 Å². The summed E-state index contributed by atoms with van der Waals surface area (Å²) < 4.78 is 0. The van der Waals surface area contributed by atoms with Crippen LogP contribution in [0.1, 0.15) is 11.1 Å². The Morgan fingerprint density at radius 3 is 0.848 bits per heavy atom. The molecule has 2 heteroatoms. The summed E-state index contributed by atoms with van der Waals surface area (Å²) in [6.07, 6.45) is 0. The number of benzene rings is 7. The average Bonchev–Trinajstić information content (AvgIpc) is 3.15. The smallest absolute Gasteiger partial charge is 0.0992 e. The lowest BCUT2D eigenvalue weighted by Gasteiger charge is -2.11. The molecule has 0 heterocycles. The van der Waals surface area contributed by atoms with Crippen LogP contribution >= 0.6 is 0 Å². The number of hydrogen-bond donors (Lipinski definition) is 0. The average molecular weight is 585 g/mol. The summed E-state index contributed by atoms with van der Waals surface area (Å²) in [7, 11) is 0. The predicted molar refractivity (Wildman–Crippen MR) is 188 cm³/mol. The number of nitrogens with zero attached hydrogens (tertiary/aromatic N) is 2. The monoisotopic (exact) mass is 584 g/mol. The minimum atomic E-state index is 0.643. The van der Waals surface area contributed by atoms with Gasteiger partial charge in [0.1, 0.15) is 0 Å². The molecule has 7 rings (SSSR count). The van der Waals surface area contributed by atoms with Gasteiger partial charge < -0.3 is 0 Å². The zero-order valence-electron chi connectivity index (χ0n) is 25.1. The second-order valence-corrected chi connectivity index (χ2v) is 11.3. The maximum Gasteiger partial charge on any atom is 0.0992 e. The van der Waals surface area contributed by atoms with Crippen LogP contribution in [0.2, 0.25) is 0 Å². The zero-order valence-corrected chi connectivity index (χ0v) is 25.1. The van der Waals surface area contributed by atoms with E-state index in [9.17, 15) is 10.5 Å². The number of rotatable bonds is 6. The van der Waals surface area contributed by atoms with Gasteiger partial charge in [-0.25, -0.2) is 0 Å². The Morgan fingerprint density at radius 2 is 0.500 bits per heavy atom. The lowest BCUT2D eigenvalue weighted by Crippen LogP contribution is -1.87. The highest BCUT2D eigenvalue weighted by atomic mass is 14.2. The van der Waals surface area contributed by atoms with E-state index in [2.05, 4.69) is 121 Å². The molecule has 0 spiro atoms. The van der Waals surface area contributed by atoms with Crippen LogP contribution in [0.4, 0.5) is 0 Å². The fourth-order valence-corrected chi connectivity index (χ4v) is 5.92. The van der Waals surface area contributed by atoms with Crippen LogP contribution in [-0.4, -0.2) is 0 Å². The number of nitriles is 2. The van der Waals surface area contributed by atoms with Gasteiger partial charge in [0.15, 0.2) is 0 Å². The highest BCUT2D eigenvalue weighted by Crippen LogP contribution is 2.34. The van der Waals surface area contributed by atoms with Crippen molar-refractivity contribution in [2.45, 2.75) is 0 Å². The Hall–Kier alpha value is -6.48. The molecule has 0 saturated heterocycles. The van der Waals surface area contributed by atoms with Gasteiger partial charge in [0.2, 0.25) is 0 Å². The molecule has 214 valence electrons. The molecular weight excluding hydrogens is 556 g/mol. The van der Waals surface area contributed by atoms with Crippen molar-refractivity contribution in [3.8, 4) is 78.9 Å². The second-order valence-electron chi connectivity index (χ2n) is 11.3. The van der Waals surface area contributed by atoms with E-state index in [0.717, 1.165) is 66.8 Å². The van der Waals surface area contributed by atoms with E-state index in [1.54, 1.807) is 0 Å². The molecule has 0 bridgehead atoms. The summed E-state index contributed by atoms with van der Waals surface area (Å²) >= 11 is 0. The van der Waals surface area contributed by atoms with Gasteiger partial charge >= 0.3 is 0 Å². The molecule has 0 aliphatic rings. The van der Waals surface area contributed by atoms with Gasteiger partial charge in [0.05, 0.1) is 23.3 Å². The molecule has 0 saturated carbocycles. The van der Waals surface area contributed by atoms with E-state index in [1.165, 1.54) is 0 Å². The zero-order chi connectivity index (χ0) is 31.3. The van der Waals surface area contributed by atoms with E-state index in [-0.39, 0.29) is 0 Å². The standard InChI is InChI=1S/C44H28N2/c45-29-31-21-41(33-9-3-1-4-10-33)27-43(23-31)39-15-7-13-37(25-39)35-17-19-36(20-18-35)38-14-8-16-40(26-38)44-24-32(30-46)22-42(28-44)34-11-5-2-6-12-34/h1-28H. The van der Waals surface area contributed by atoms with Crippen LogP contribution in [0.5, 0.6) is 0 Å². The molecule has 7 aromatic carbocycles. The van der Waals surface area contributed by atoms with Crippen molar-refractivity contribution in [1.29, 1.82) is 10.5 Å². The molecular formula is C44H28N2. The third-order valence-corrected chi connectivity index (χ3v) is 8.28. The lowest BCUT2D eigenvalue weighted by atomic mass is 9.93. The Bertz CT molecular complexity index is 2090. The molecule has 0 aliphatic heterocycles. The summed E-state index contributed by atoms with van der Waals surface area (Å²) in [4.78, 5) is 0. The molecule has 0 aliphatic carbocycles. The van der Waals surface area contributed by atoms with Crippen molar-refractivity contribution < 1.29 is 0 Å². The number of hydrogen-bond acceptors (Lipinski definition) is 2. The molecule has 0 amide bonds. The van der Waals surface area contributed by atoms with Crippen molar-refractivity contribution >= 4 is 0 Å². The van der Waals surface area contributed by atoms with Crippen LogP contribution in [0.15, 0.2) is 170 Å². The first kappa shape index (κ1) is 28.3.